The molecular formula is C27H25ClN2O. The van der Waals surface area contributed by atoms with Gasteiger partial charge in [0.2, 0.25) is 0 Å². The maximum Gasteiger partial charge on any atom is 0.253 e. The summed E-state index contributed by atoms with van der Waals surface area (Å²) in [7, 11) is 0. The first-order valence-corrected chi connectivity index (χ1v) is 10.7. The van der Waals surface area contributed by atoms with E-state index in [1.807, 2.05) is 74.5 Å². The lowest BCUT2D eigenvalue weighted by molar-refractivity contribution is 0.0939. The number of aryl methyl sites for hydroxylation is 1. The van der Waals surface area contributed by atoms with Gasteiger partial charge in [-0.05, 0) is 62.2 Å². The molecule has 4 aromatic rings. The van der Waals surface area contributed by atoms with Crippen molar-refractivity contribution in [3.05, 3.63) is 112 Å². The lowest BCUT2D eigenvalue weighted by Crippen LogP contribution is -2.27. The van der Waals surface area contributed by atoms with E-state index < -0.39 is 0 Å². The van der Waals surface area contributed by atoms with Crippen LogP contribution in [0.3, 0.4) is 0 Å². The number of benzene rings is 3. The quantitative estimate of drug-likeness (QED) is 0.368. The number of aromatic nitrogens is 1. The van der Waals surface area contributed by atoms with E-state index in [2.05, 4.69) is 41.1 Å². The first-order chi connectivity index (χ1) is 14.9. The highest BCUT2D eigenvalue weighted by molar-refractivity contribution is 6.30. The van der Waals surface area contributed by atoms with Crippen molar-refractivity contribution in [3.63, 3.8) is 0 Å². The minimum absolute atomic E-state index is 0.0880. The molecule has 1 N–H and O–H groups in total. The van der Waals surface area contributed by atoms with E-state index in [4.69, 9.17) is 11.6 Å². The van der Waals surface area contributed by atoms with Crippen molar-refractivity contribution in [2.45, 2.75) is 26.8 Å². The number of carbonyl (C=O) groups is 1. The molecule has 4 rings (SSSR count). The Balaban J connectivity index is 1.76. The zero-order valence-corrected chi connectivity index (χ0v) is 18.6. The summed E-state index contributed by atoms with van der Waals surface area (Å²) in [5, 5.41) is 3.83. The van der Waals surface area contributed by atoms with Gasteiger partial charge in [-0.15, -0.1) is 0 Å². The predicted octanol–water partition coefficient (Wildman–Crippen LogP) is 6.91. The lowest BCUT2D eigenvalue weighted by atomic mass is 10.1. The van der Waals surface area contributed by atoms with Crippen LogP contribution in [-0.4, -0.2) is 10.5 Å². The topological polar surface area (TPSA) is 34.0 Å². The van der Waals surface area contributed by atoms with Crippen molar-refractivity contribution in [3.8, 4) is 16.9 Å². The van der Waals surface area contributed by atoms with Crippen molar-refractivity contribution in [1.82, 2.24) is 9.88 Å². The third-order valence-corrected chi connectivity index (χ3v) is 5.82. The molecule has 1 aromatic heterocycles. The Hall–Kier alpha value is -3.30. The third kappa shape index (κ3) is 4.42. The standard InChI is InChI=1S/C27H25ClN2O/c1-18-9-15-24(16-10-18)30-20(3)25(17-26(30)22-11-13-23(28)14-12-22)27(31)29-19(2)21-7-5-4-6-8-21/h4-17,19H,1-3H3,(H,29,31). The van der Waals surface area contributed by atoms with Gasteiger partial charge in [-0.2, -0.15) is 0 Å². The van der Waals surface area contributed by atoms with E-state index in [1.165, 1.54) is 5.56 Å². The maximum absolute atomic E-state index is 13.2. The number of nitrogens with zero attached hydrogens (tertiary/aromatic N) is 1. The second-order valence-electron chi connectivity index (χ2n) is 7.81. The summed E-state index contributed by atoms with van der Waals surface area (Å²) in [4.78, 5) is 13.2. The number of hydrogen-bond donors (Lipinski definition) is 1. The molecule has 3 aromatic carbocycles. The van der Waals surface area contributed by atoms with Crippen LogP contribution in [0.1, 0.15) is 40.1 Å². The molecule has 3 nitrogen and oxygen atoms in total. The van der Waals surface area contributed by atoms with Gasteiger partial charge >= 0.3 is 0 Å². The summed E-state index contributed by atoms with van der Waals surface area (Å²) >= 11 is 6.10. The Morgan fingerprint density at radius 1 is 0.903 bits per heavy atom. The highest BCUT2D eigenvalue weighted by Gasteiger charge is 2.21. The molecule has 4 heteroatoms. The molecule has 31 heavy (non-hydrogen) atoms. The fourth-order valence-corrected chi connectivity index (χ4v) is 3.92. The number of carbonyl (C=O) groups excluding carboxylic acids is 1. The molecule has 0 fully saturated rings. The smallest absolute Gasteiger partial charge is 0.253 e. The van der Waals surface area contributed by atoms with Crippen LogP contribution in [0.15, 0.2) is 84.9 Å². The summed E-state index contributed by atoms with van der Waals surface area (Å²) in [6.45, 7) is 6.05. The van der Waals surface area contributed by atoms with Crippen LogP contribution in [0.4, 0.5) is 0 Å². The Bertz CT molecular complexity index is 1190. The molecule has 0 spiro atoms. The minimum Gasteiger partial charge on any atom is -0.345 e. The third-order valence-electron chi connectivity index (χ3n) is 5.57. The van der Waals surface area contributed by atoms with E-state index in [1.54, 1.807) is 0 Å². The first-order valence-electron chi connectivity index (χ1n) is 10.3. The van der Waals surface area contributed by atoms with Crippen LogP contribution in [-0.2, 0) is 0 Å². The van der Waals surface area contributed by atoms with Gasteiger partial charge in [-0.1, -0.05) is 71.8 Å². The van der Waals surface area contributed by atoms with Crippen LogP contribution in [0.5, 0.6) is 0 Å². The van der Waals surface area contributed by atoms with E-state index >= 15 is 0 Å². The fraction of sp³-hybridized carbons (Fsp3) is 0.148. The van der Waals surface area contributed by atoms with Gasteiger partial charge in [0.05, 0.1) is 17.3 Å². The van der Waals surface area contributed by atoms with E-state index in [0.29, 0.717) is 10.6 Å². The number of rotatable bonds is 5. The highest BCUT2D eigenvalue weighted by atomic mass is 35.5. The van der Waals surface area contributed by atoms with Crippen LogP contribution in [0, 0.1) is 13.8 Å². The molecule has 0 bridgehead atoms. The molecule has 0 aliphatic rings. The van der Waals surface area contributed by atoms with Gasteiger partial charge in [0.15, 0.2) is 0 Å². The molecule has 1 heterocycles. The average Bonchev–Trinajstić information content (AvgIpc) is 3.12. The molecule has 1 unspecified atom stereocenters. The van der Waals surface area contributed by atoms with Crippen molar-refractivity contribution in [1.29, 1.82) is 0 Å². The first kappa shape index (κ1) is 21.0. The second kappa shape index (κ2) is 8.83. The van der Waals surface area contributed by atoms with Gasteiger partial charge in [-0.3, -0.25) is 4.79 Å². The fourth-order valence-electron chi connectivity index (χ4n) is 3.80. The molecule has 0 aliphatic carbocycles. The van der Waals surface area contributed by atoms with Gasteiger partial charge in [0.25, 0.3) is 5.91 Å². The Morgan fingerprint density at radius 3 is 2.19 bits per heavy atom. The number of halogens is 1. The van der Waals surface area contributed by atoms with Crippen LogP contribution in [0.2, 0.25) is 5.02 Å². The minimum atomic E-state index is -0.0881. The Morgan fingerprint density at radius 2 is 1.55 bits per heavy atom. The monoisotopic (exact) mass is 428 g/mol. The van der Waals surface area contributed by atoms with Crippen molar-refractivity contribution in [2.75, 3.05) is 0 Å². The van der Waals surface area contributed by atoms with Gasteiger partial charge < -0.3 is 9.88 Å². The molecule has 156 valence electrons. The van der Waals surface area contributed by atoms with Gasteiger partial charge in [0.1, 0.15) is 0 Å². The normalized spacial score (nSPS) is 11.9. The van der Waals surface area contributed by atoms with E-state index in [9.17, 15) is 4.79 Å². The number of nitrogens with one attached hydrogen (secondary N) is 1. The largest absolute Gasteiger partial charge is 0.345 e. The SMILES string of the molecule is Cc1ccc(-n2c(-c3ccc(Cl)cc3)cc(C(=O)NC(C)c3ccccc3)c2C)cc1. The van der Waals surface area contributed by atoms with Crippen molar-refractivity contribution in [2.24, 2.45) is 0 Å². The average molecular weight is 429 g/mol. The van der Waals surface area contributed by atoms with E-state index in [0.717, 1.165) is 28.2 Å². The Labute approximate surface area is 188 Å². The van der Waals surface area contributed by atoms with Crippen LogP contribution in [0.25, 0.3) is 16.9 Å². The van der Waals surface area contributed by atoms with Crippen molar-refractivity contribution < 1.29 is 4.79 Å². The molecule has 0 saturated carbocycles. The predicted molar refractivity (Wildman–Crippen MR) is 128 cm³/mol. The molecule has 0 aliphatic heterocycles. The zero-order chi connectivity index (χ0) is 22.0. The van der Waals surface area contributed by atoms with Gasteiger partial charge in [-0.25, -0.2) is 0 Å². The number of amides is 1. The lowest BCUT2D eigenvalue weighted by Gasteiger charge is -2.15. The van der Waals surface area contributed by atoms with Gasteiger partial charge in [0, 0.05) is 16.4 Å². The molecule has 0 saturated heterocycles. The molecule has 1 amide bonds. The summed E-state index contributed by atoms with van der Waals surface area (Å²) in [6, 6.07) is 27.9. The summed E-state index contributed by atoms with van der Waals surface area (Å²) < 4.78 is 2.13. The van der Waals surface area contributed by atoms with Crippen LogP contribution >= 0.6 is 11.6 Å². The van der Waals surface area contributed by atoms with Crippen molar-refractivity contribution >= 4 is 17.5 Å². The zero-order valence-electron chi connectivity index (χ0n) is 17.9. The van der Waals surface area contributed by atoms with E-state index in [-0.39, 0.29) is 11.9 Å². The molecular weight excluding hydrogens is 404 g/mol. The maximum atomic E-state index is 13.2. The summed E-state index contributed by atoms with van der Waals surface area (Å²) in [6.07, 6.45) is 0. The Kier molecular flexibility index (Phi) is 5.97. The summed E-state index contributed by atoms with van der Waals surface area (Å²) in [5.74, 6) is -0.0880. The molecule has 0 radical (unpaired) electrons. The summed E-state index contributed by atoms with van der Waals surface area (Å²) in [5.41, 5.74) is 6.79. The molecule has 1 atom stereocenters. The second-order valence-corrected chi connectivity index (χ2v) is 8.25. The number of hydrogen-bond acceptors (Lipinski definition) is 1. The van der Waals surface area contributed by atoms with Crippen LogP contribution < -0.4 is 5.32 Å². The highest BCUT2D eigenvalue weighted by Crippen LogP contribution is 2.31.